The third kappa shape index (κ3) is 7.44. The number of carbonyl (C=O) groups excluding carboxylic acids is 3. The van der Waals surface area contributed by atoms with Crippen molar-refractivity contribution in [2.75, 3.05) is 25.5 Å². The molecular formula is C26H26FN3O4. The first-order valence-electron chi connectivity index (χ1n) is 10.8. The molecular weight excluding hydrogens is 437 g/mol. The number of carbonyl (C=O) groups is 3. The van der Waals surface area contributed by atoms with Crippen molar-refractivity contribution in [2.45, 2.75) is 12.8 Å². The van der Waals surface area contributed by atoms with Gasteiger partial charge in [0.2, 0.25) is 5.91 Å². The zero-order valence-electron chi connectivity index (χ0n) is 18.8. The summed E-state index contributed by atoms with van der Waals surface area (Å²) in [7, 11) is 1.60. The van der Waals surface area contributed by atoms with Crippen LogP contribution in [0.4, 0.5) is 10.1 Å². The van der Waals surface area contributed by atoms with Gasteiger partial charge in [-0.1, -0.05) is 12.1 Å². The van der Waals surface area contributed by atoms with Crippen LogP contribution in [0.25, 0.3) is 0 Å². The number of anilines is 1. The SMILES string of the molecule is COc1ccc(CCC(=O)NCCNC(=O)c2ccc(NC(=O)c3ccc(F)cc3)cc2)cc1. The predicted molar refractivity (Wildman–Crippen MR) is 127 cm³/mol. The lowest BCUT2D eigenvalue weighted by Crippen LogP contribution is -2.34. The van der Waals surface area contributed by atoms with E-state index in [1.807, 2.05) is 24.3 Å². The highest BCUT2D eigenvalue weighted by Gasteiger charge is 2.09. The number of hydrogen-bond donors (Lipinski definition) is 3. The molecule has 0 atom stereocenters. The summed E-state index contributed by atoms with van der Waals surface area (Å²) < 4.78 is 18.1. The van der Waals surface area contributed by atoms with Crippen molar-refractivity contribution >= 4 is 23.4 Å². The van der Waals surface area contributed by atoms with E-state index in [-0.39, 0.29) is 24.3 Å². The lowest BCUT2D eigenvalue weighted by molar-refractivity contribution is -0.121. The Morgan fingerprint density at radius 2 is 1.35 bits per heavy atom. The molecule has 0 radical (unpaired) electrons. The highest BCUT2D eigenvalue weighted by molar-refractivity contribution is 6.04. The van der Waals surface area contributed by atoms with Crippen LogP contribution in [0.5, 0.6) is 5.75 Å². The molecule has 3 N–H and O–H groups in total. The van der Waals surface area contributed by atoms with E-state index in [0.717, 1.165) is 11.3 Å². The summed E-state index contributed by atoms with van der Waals surface area (Å²) >= 11 is 0. The molecule has 8 heteroatoms. The normalized spacial score (nSPS) is 10.3. The highest BCUT2D eigenvalue weighted by Crippen LogP contribution is 2.13. The Bertz CT molecular complexity index is 1110. The number of halogens is 1. The van der Waals surface area contributed by atoms with E-state index in [2.05, 4.69) is 16.0 Å². The average Bonchev–Trinajstić information content (AvgIpc) is 2.86. The molecule has 0 aliphatic heterocycles. The van der Waals surface area contributed by atoms with Gasteiger partial charge in [-0.25, -0.2) is 4.39 Å². The molecule has 0 heterocycles. The molecule has 3 aromatic rings. The fraction of sp³-hybridized carbons (Fsp3) is 0.192. The maximum atomic E-state index is 13.0. The fourth-order valence-corrected chi connectivity index (χ4v) is 3.13. The lowest BCUT2D eigenvalue weighted by atomic mass is 10.1. The third-order valence-electron chi connectivity index (χ3n) is 5.04. The van der Waals surface area contributed by atoms with Crippen molar-refractivity contribution in [1.82, 2.24) is 10.6 Å². The van der Waals surface area contributed by atoms with Gasteiger partial charge in [0.1, 0.15) is 11.6 Å². The molecule has 0 aliphatic carbocycles. The van der Waals surface area contributed by atoms with Gasteiger partial charge in [-0.15, -0.1) is 0 Å². The summed E-state index contributed by atoms with van der Waals surface area (Å²) in [4.78, 5) is 36.5. The van der Waals surface area contributed by atoms with Gasteiger partial charge in [0.05, 0.1) is 7.11 Å². The number of hydrogen-bond acceptors (Lipinski definition) is 4. The second kappa shape index (κ2) is 12.2. The zero-order valence-corrected chi connectivity index (χ0v) is 18.8. The summed E-state index contributed by atoms with van der Waals surface area (Å²) in [5, 5.41) is 8.22. The number of ether oxygens (including phenoxy) is 1. The Balaban J connectivity index is 1.36. The number of amides is 3. The Labute approximate surface area is 197 Å². The molecule has 0 saturated heterocycles. The van der Waals surface area contributed by atoms with Gasteiger partial charge >= 0.3 is 0 Å². The van der Waals surface area contributed by atoms with Crippen LogP contribution >= 0.6 is 0 Å². The number of benzene rings is 3. The van der Waals surface area contributed by atoms with Gasteiger partial charge < -0.3 is 20.7 Å². The minimum absolute atomic E-state index is 0.0914. The minimum atomic E-state index is -0.417. The van der Waals surface area contributed by atoms with Gasteiger partial charge in [0, 0.05) is 36.3 Å². The van der Waals surface area contributed by atoms with E-state index in [9.17, 15) is 18.8 Å². The van der Waals surface area contributed by atoms with Gasteiger partial charge in [0.15, 0.2) is 0 Å². The second-order valence-electron chi connectivity index (χ2n) is 7.49. The number of aryl methyl sites for hydroxylation is 1. The van der Waals surface area contributed by atoms with Crippen LogP contribution in [0.1, 0.15) is 32.7 Å². The molecule has 3 rings (SSSR count). The van der Waals surface area contributed by atoms with Crippen LogP contribution in [-0.2, 0) is 11.2 Å². The van der Waals surface area contributed by atoms with Crippen LogP contribution in [0.15, 0.2) is 72.8 Å². The first-order chi connectivity index (χ1) is 16.4. The van der Waals surface area contributed by atoms with Crippen LogP contribution in [0.3, 0.4) is 0 Å². The third-order valence-corrected chi connectivity index (χ3v) is 5.04. The Kier molecular flexibility index (Phi) is 8.73. The van der Waals surface area contributed by atoms with Gasteiger partial charge in [-0.05, 0) is 72.6 Å². The van der Waals surface area contributed by atoms with Crippen molar-refractivity contribution in [3.05, 3.63) is 95.3 Å². The minimum Gasteiger partial charge on any atom is -0.497 e. The van der Waals surface area contributed by atoms with Crippen LogP contribution in [0.2, 0.25) is 0 Å². The van der Waals surface area contributed by atoms with Crippen molar-refractivity contribution in [2.24, 2.45) is 0 Å². The van der Waals surface area contributed by atoms with E-state index in [0.29, 0.717) is 36.2 Å². The number of nitrogens with one attached hydrogen (secondary N) is 3. The van der Waals surface area contributed by atoms with Crippen LogP contribution < -0.4 is 20.7 Å². The second-order valence-corrected chi connectivity index (χ2v) is 7.49. The smallest absolute Gasteiger partial charge is 0.255 e. The molecule has 176 valence electrons. The van der Waals surface area contributed by atoms with E-state index >= 15 is 0 Å². The number of methoxy groups -OCH3 is 1. The van der Waals surface area contributed by atoms with Crippen molar-refractivity contribution in [3.63, 3.8) is 0 Å². The average molecular weight is 464 g/mol. The molecule has 34 heavy (non-hydrogen) atoms. The molecule has 0 saturated carbocycles. The van der Waals surface area contributed by atoms with E-state index < -0.39 is 5.82 Å². The van der Waals surface area contributed by atoms with Crippen molar-refractivity contribution in [3.8, 4) is 5.75 Å². The first-order valence-corrected chi connectivity index (χ1v) is 10.8. The van der Waals surface area contributed by atoms with E-state index in [1.54, 1.807) is 31.4 Å². The van der Waals surface area contributed by atoms with E-state index in [1.165, 1.54) is 24.3 Å². The molecule has 0 aliphatic rings. The topological polar surface area (TPSA) is 96.5 Å². The zero-order chi connectivity index (χ0) is 24.3. The van der Waals surface area contributed by atoms with Gasteiger partial charge in [-0.2, -0.15) is 0 Å². The molecule has 0 unspecified atom stereocenters. The summed E-state index contributed by atoms with van der Waals surface area (Å²) in [6.45, 7) is 0.606. The maximum Gasteiger partial charge on any atom is 0.255 e. The molecule has 3 amide bonds. The molecule has 0 aromatic heterocycles. The summed E-state index contributed by atoms with van der Waals surface area (Å²) in [6, 6.07) is 19.2. The number of rotatable bonds is 10. The Morgan fingerprint density at radius 3 is 2.00 bits per heavy atom. The maximum absolute atomic E-state index is 13.0. The lowest BCUT2D eigenvalue weighted by Gasteiger charge is -2.09. The standard InChI is InChI=1S/C26H26FN3O4/c1-34-23-13-2-18(3-14-23)4-15-24(31)28-16-17-29-25(32)19-7-11-22(12-8-19)30-26(33)20-5-9-21(27)10-6-20/h2-3,5-14H,4,15-17H2,1H3,(H,28,31)(H,29,32)(H,30,33). The molecule has 7 nitrogen and oxygen atoms in total. The first kappa shape index (κ1) is 24.4. The highest BCUT2D eigenvalue weighted by atomic mass is 19.1. The van der Waals surface area contributed by atoms with Crippen molar-refractivity contribution < 1.29 is 23.5 Å². The molecule has 0 spiro atoms. The Morgan fingerprint density at radius 1 is 0.765 bits per heavy atom. The molecule has 3 aromatic carbocycles. The van der Waals surface area contributed by atoms with Gasteiger partial charge in [0.25, 0.3) is 11.8 Å². The molecule has 0 fully saturated rings. The van der Waals surface area contributed by atoms with Crippen molar-refractivity contribution in [1.29, 1.82) is 0 Å². The largest absolute Gasteiger partial charge is 0.497 e. The predicted octanol–water partition coefficient (Wildman–Crippen LogP) is 3.57. The van der Waals surface area contributed by atoms with E-state index in [4.69, 9.17) is 4.74 Å². The quantitative estimate of drug-likeness (QED) is 0.401. The van der Waals surface area contributed by atoms with Crippen LogP contribution in [-0.4, -0.2) is 37.9 Å². The Hall–Kier alpha value is -4.20. The van der Waals surface area contributed by atoms with Gasteiger partial charge in [-0.3, -0.25) is 14.4 Å². The van der Waals surface area contributed by atoms with Crippen LogP contribution in [0, 0.1) is 5.82 Å². The monoisotopic (exact) mass is 463 g/mol. The molecule has 0 bridgehead atoms. The summed E-state index contributed by atoms with van der Waals surface area (Å²) in [6.07, 6.45) is 0.970. The fourth-order valence-electron chi connectivity index (χ4n) is 3.13. The summed E-state index contributed by atoms with van der Waals surface area (Å²) in [5.41, 5.74) is 2.30. The summed E-state index contributed by atoms with van der Waals surface area (Å²) in [5.74, 6) is -0.400.